The van der Waals surface area contributed by atoms with Crippen LogP contribution in [0.15, 0.2) is 103 Å². The molecule has 4 heterocycles. The number of hydrazone groups is 1. The van der Waals surface area contributed by atoms with E-state index >= 15 is 0 Å². The molecule has 3 aromatic heterocycles. The Kier molecular flexibility index (Phi) is 14.3. The molecule has 3 aliphatic carbocycles. The summed E-state index contributed by atoms with van der Waals surface area (Å²) >= 11 is 5.50. The van der Waals surface area contributed by atoms with E-state index < -0.39 is 27.9 Å². The van der Waals surface area contributed by atoms with Crippen LogP contribution in [-0.2, 0) is 33.6 Å². The van der Waals surface area contributed by atoms with E-state index in [-0.39, 0.29) is 17.6 Å². The summed E-state index contributed by atoms with van der Waals surface area (Å²) in [4.78, 5) is 58.7. The van der Waals surface area contributed by atoms with Gasteiger partial charge in [0.15, 0.2) is 16.1 Å². The summed E-state index contributed by atoms with van der Waals surface area (Å²) in [6.45, 7) is 5.70. The first-order chi connectivity index (χ1) is 32.8. The van der Waals surface area contributed by atoms with Crippen LogP contribution in [0.5, 0.6) is 0 Å². The fourth-order valence-corrected chi connectivity index (χ4v) is 13.7. The molecule has 19 heteroatoms. The highest BCUT2D eigenvalue weighted by Gasteiger charge is 2.50. The Morgan fingerprint density at radius 2 is 1.75 bits per heavy atom. The lowest BCUT2D eigenvalue weighted by molar-refractivity contribution is -0.124. The molecule has 0 spiro atoms. The molecular formula is C49H54N10O5S4. The van der Waals surface area contributed by atoms with Gasteiger partial charge in [-0.3, -0.25) is 29.2 Å². The molecule has 0 radical (unpaired) electrons. The SMILES string of the molecule is C/C(=N\NC(=Nc1ccccc1)SCC(=O)Nc1sc2c(c1C(N)=O)CCC(CCc1ccc(-c3nnc(SC(C)C(=O)NC4(C)SC5=C(CCC5)C4C(N)=O)n3-c3ccccc3)o1)C2)C1CC1. The van der Waals surface area contributed by atoms with Crippen LogP contribution >= 0.6 is 46.6 Å². The fraction of sp³-hybridized carbons (Fsp3) is 0.388. The van der Waals surface area contributed by atoms with Crippen LogP contribution in [0.1, 0.15) is 92.3 Å². The first kappa shape index (κ1) is 47.4. The Morgan fingerprint density at radius 1 is 0.985 bits per heavy atom. The number of aromatic nitrogens is 3. The van der Waals surface area contributed by atoms with Crippen LogP contribution in [0.25, 0.3) is 17.3 Å². The van der Waals surface area contributed by atoms with Gasteiger partial charge in [-0.25, -0.2) is 4.99 Å². The van der Waals surface area contributed by atoms with Crippen LogP contribution in [0.4, 0.5) is 10.7 Å². The summed E-state index contributed by atoms with van der Waals surface area (Å²) in [6.07, 6.45) is 8.81. The van der Waals surface area contributed by atoms with Gasteiger partial charge in [0, 0.05) is 22.7 Å². The number of carbonyl (C=O) groups is 4. The highest BCUT2D eigenvalue weighted by molar-refractivity contribution is 8.14. The van der Waals surface area contributed by atoms with Gasteiger partial charge in [0.25, 0.3) is 5.91 Å². The number of amidine groups is 1. The van der Waals surface area contributed by atoms with Crippen LogP contribution in [-0.4, -0.2) is 65.1 Å². The van der Waals surface area contributed by atoms with E-state index in [0.717, 1.165) is 95.1 Å². The van der Waals surface area contributed by atoms with Crippen molar-refractivity contribution in [2.75, 3.05) is 11.1 Å². The molecule has 1 fully saturated rings. The van der Waals surface area contributed by atoms with Gasteiger partial charge in [0.2, 0.25) is 23.5 Å². The highest BCUT2D eigenvalue weighted by Crippen LogP contribution is 2.55. The van der Waals surface area contributed by atoms with Gasteiger partial charge in [-0.05, 0) is 143 Å². The van der Waals surface area contributed by atoms with Crippen molar-refractivity contribution in [2.45, 2.75) is 100 Å². The van der Waals surface area contributed by atoms with E-state index in [9.17, 15) is 19.2 Å². The van der Waals surface area contributed by atoms with Crippen LogP contribution in [0.3, 0.4) is 0 Å². The first-order valence-corrected chi connectivity index (χ1v) is 26.4. The molecule has 7 N–H and O–H groups in total. The van der Waals surface area contributed by atoms with Crippen LogP contribution in [0, 0.1) is 17.8 Å². The molecule has 4 aliphatic rings. The number of rotatable bonds is 17. The van der Waals surface area contributed by atoms with Gasteiger partial charge in [0.05, 0.1) is 28.2 Å². The van der Waals surface area contributed by atoms with Crippen molar-refractivity contribution in [2.24, 2.45) is 39.3 Å². The molecule has 15 nitrogen and oxygen atoms in total. The van der Waals surface area contributed by atoms with Gasteiger partial charge >= 0.3 is 0 Å². The Morgan fingerprint density at radius 3 is 2.49 bits per heavy atom. The Bertz CT molecular complexity index is 2820. The molecule has 9 rings (SSSR count). The number of aryl methyl sites for hydroxylation is 1. The summed E-state index contributed by atoms with van der Waals surface area (Å²) in [5, 5.41) is 20.7. The van der Waals surface area contributed by atoms with E-state index in [2.05, 4.69) is 36.4 Å². The smallest absolute Gasteiger partial charge is 0.251 e. The number of primary amides is 2. The van der Waals surface area contributed by atoms with E-state index in [4.69, 9.17) is 15.9 Å². The van der Waals surface area contributed by atoms with E-state index in [0.29, 0.717) is 57.2 Å². The maximum Gasteiger partial charge on any atom is 0.251 e. The fourth-order valence-electron chi connectivity index (χ4n) is 9.19. The van der Waals surface area contributed by atoms with E-state index in [1.165, 1.54) is 34.9 Å². The molecule has 1 saturated carbocycles. The van der Waals surface area contributed by atoms with Crippen molar-refractivity contribution in [1.29, 1.82) is 0 Å². The summed E-state index contributed by atoms with van der Waals surface area (Å²) in [5.41, 5.74) is 19.8. The highest BCUT2D eigenvalue weighted by atomic mass is 32.2. The van der Waals surface area contributed by atoms with Crippen LogP contribution in [0.2, 0.25) is 0 Å². The number of nitrogens with one attached hydrogen (secondary N) is 3. The first-order valence-electron chi connectivity index (χ1n) is 22.9. The lowest BCUT2D eigenvalue weighted by Gasteiger charge is -2.33. The number of hydrogen-bond donors (Lipinski definition) is 5. The number of hydrogen-bond acceptors (Lipinski definition) is 13. The Balaban J connectivity index is 0.834. The Labute approximate surface area is 411 Å². The minimum atomic E-state index is -0.853. The summed E-state index contributed by atoms with van der Waals surface area (Å²) in [5.74, 6) is 0.703. The van der Waals surface area contributed by atoms with Crippen molar-refractivity contribution in [3.63, 3.8) is 0 Å². The minimum absolute atomic E-state index is 0.0570. The number of benzene rings is 2. The quantitative estimate of drug-likeness (QED) is 0.0256. The third kappa shape index (κ3) is 10.6. The number of carbonyl (C=O) groups excluding carboxylic acids is 4. The summed E-state index contributed by atoms with van der Waals surface area (Å²) < 4.78 is 8.35. The van der Waals surface area contributed by atoms with Crippen molar-refractivity contribution in [3.8, 4) is 17.3 Å². The number of nitrogens with zero attached hydrogens (tertiary/aromatic N) is 5. The number of nitrogens with two attached hydrogens (primary N) is 2. The molecule has 1 aliphatic heterocycles. The van der Waals surface area contributed by atoms with Gasteiger partial charge in [0.1, 0.15) is 15.6 Å². The lowest BCUT2D eigenvalue weighted by Crippen LogP contribution is -2.53. The van der Waals surface area contributed by atoms with E-state index in [1.807, 2.05) is 98.1 Å². The monoisotopic (exact) mass is 990 g/mol. The maximum atomic E-state index is 13.8. The van der Waals surface area contributed by atoms with Gasteiger partial charge < -0.3 is 26.5 Å². The zero-order valence-electron chi connectivity index (χ0n) is 38.1. The number of thiophene rings is 1. The molecule has 68 heavy (non-hydrogen) atoms. The number of furan rings is 1. The van der Waals surface area contributed by atoms with Gasteiger partial charge in [-0.1, -0.05) is 59.9 Å². The zero-order chi connectivity index (χ0) is 47.5. The number of amides is 4. The second kappa shape index (κ2) is 20.5. The zero-order valence-corrected chi connectivity index (χ0v) is 41.3. The topological polar surface area (TPSA) is 225 Å². The molecule has 0 saturated heterocycles. The molecule has 0 bridgehead atoms. The summed E-state index contributed by atoms with van der Waals surface area (Å²) in [6, 6.07) is 23.1. The third-order valence-corrected chi connectivity index (χ3v) is 17.3. The standard InChI is InChI=1S/C49H54N10O5S4/c1-27(30-19-20-30)55-57-47(52-31-11-6-4-7-12-31)65-26-39(60)53-46-40(42(50)61)34-23-18-29(25-38(34)67-46)17-21-33-22-24-36(64-33)44-56-58-48(59(44)32-13-8-5-9-14-32)66-28(2)45(63)54-49(3)41(43(51)62)35-15-10-16-37(35)68-49/h4-9,11-14,22,24,28-30,41H,10,15-21,23,25-26H2,1-3H3,(H2,50,61)(H2,51,62)(H,52,57)(H,53,60)(H,54,63)/b55-27+. The average molecular weight is 991 g/mol. The number of thioether (sulfide) groups is 3. The van der Waals surface area contributed by atoms with Crippen molar-refractivity contribution >= 4 is 91.8 Å². The molecule has 5 aromatic rings. The predicted molar refractivity (Wildman–Crippen MR) is 272 cm³/mol. The number of fused-ring (bicyclic) bond motifs is 1. The number of anilines is 1. The second-order valence-electron chi connectivity index (χ2n) is 17.8. The normalized spacial score (nSPS) is 20.8. The molecule has 4 atom stereocenters. The Hall–Kier alpha value is -5.63. The number of para-hydroxylation sites is 2. The minimum Gasteiger partial charge on any atom is -0.458 e. The van der Waals surface area contributed by atoms with Crippen LogP contribution < -0.4 is 27.5 Å². The average Bonchev–Trinajstić information content (AvgIpc) is 3.62. The molecule has 4 unspecified atom stereocenters. The molecule has 4 amide bonds. The number of aliphatic imine (C=N–C) groups is 1. The largest absolute Gasteiger partial charge is 0.458 e. The lowest BCUT2D eigenvalue weighted by atomic mass is 9.84. The van der Waals surface area contributed by atoms with Crippen molar-refractivity contribution in [3.05, 3.63) is 105 Å². The van der Waals surface area contributed by atoms with Crippen molar-refractivity contribution < 1.29 is 23.6 Å². The third-order valence-electron chi connectivity index (χ3n) is 12.8. The molecule has 354 valence electrons. The predicted octanol–water partition coefficient (Wildman–Crippen LogP) is 8.76. The maximum absolute atomic E-state index is 13.8. The number of allylic oxidation sites excluding steroid dienone is 1. The summed E-state index contributed by atoms with van der Waals surface area (Å²) in [7, 11) is 0. The molecular weight excluding hydrogens is 937 g/mol. The van der Waals surface area contributed by atoms with E-state index in [1.54, 1.807) is 11.8 Å². The van der Waals surface area contributed by atoms with Crippen molar-refractivity contribution in [1.82, 2.24) is 25.5 Å². The van der Waals surface area contributed by atoms with Gasteiger partial charge in [-0.15, -0.1) is 33.3 Å². The molecule has 2 aromatic carbocycles. The van der Waals surface area contributed by atoms with Gasteiger partial charge in [-0.2, -0.15) is 5.10 Å². The second-order valence-corrected chi connectivity index (χ2v) is 22.7.